The Morgan fingerprint density at radius 1 is 1.31 bits per heavy atom. The molecule has 1 amide bonds. The Morgan fingerprint density at radius 2 is 1.94 bits per heavy atom. The first-order chi connectivity index (χ1) is 7.58. The van der Waals surface area contributed by atoms with Gasteiger partial charge in [-0.3, -0.25) is 4.79 Å². The van der Waals surface area contributed by atoms with Gasteiger partial charge in [-0.05, 0) is 24.5 Å². The minimum atomic E-state index is -0.0331. The molecule has 0 aliphatic rings. The molecule has 0 spiro atoms. The zero-order valence-electron chi connectivity index (χ0n) is 10.2. The van der Waals surface area contributed by atoms with E-state index < -0.39 is 0 Å². The number of rotatable bonds is 4. The van der Waals surface area contributed by atoms with E-state index in [9.17, 15) is 4.79 Å². The van der Waals surface area contributed by atoms with E-state index in [0.29, 0.717) is 5.92 Å². The van der Waals surface area contributed by atoms with Crippen LogP contribution in [0.5, 0.6) is 0 Å². The number of hydrogen-bond acceptors (Lipinski definition) is 1. The van der Waals surface area contributed by atoms with Gasteiger partial charge >= 0.3 is 0 Å². The van der Waals surface area contributed by atoms with Gasteiger partial charge in [0.2, 0.25) is 5.91 Å². The first-order valence-corrected chi connectivity index (χ1v) is 5.60. The molecule has 1 aromatic carbocycles. The molecule has 0 atom stereocenters. The molecule has 0 heterocycles. The predicted molar refractivity (Wildman–Crippen MR) is 68.1 cm³/mol. The molecule has 0 aromatic heterocycles. The molecule has 0 saturated carbocycles. The molecule has 0 bridgehead atoms. The lowest BCUT2D eigenvalue weighted by atomic mass is 10.1. The molecule has 2 nitrogen and oxygen atoms in total. The minimum Gasteiger partial charge on any atom is -0.352 e. The van der Waals surface area contributed by atoms with E-state index in [4.69, 9.17) is 0 Å². The van der Waals surface area contributed by atoms with Crippen LogP contribution < -0.4 is 5.32 Å². The predicted octanol–water partition coefficient (Wildman–Crippen LogP) is 2.78. The van der Waals surface area contributed by atoms with Gasteiger partial charge in [0.05, 0.1) is 0 Å². The third kappa shape index (κ3) is 4.78. The van der Waals surface area contributed by atoms with Gasteiger partial charge in [-0.15, -0.1) is 0 Å². The van der Waals surface area contributed by atoms with Crippen molar-refractivity contribution in [3.05, 3.63) is 41.5 Å². The molecular weight excluding hydrogens is 198 g/mol. The SMILES string of the molecule is Cc1ccc(C=CC(=O)NCC(C)C)cc1. The second-order valence-corrected chi connectivity index (χ2v) is 4.38. The summed E-state index contributed by atoms with van der Waals surface area (Å²) >= 11 is 0. The average Bonchev–Trinajstić information content (AvgIpc) is 2.25. The van der Waals surface area contributed by atoms with Crippen molar-refractivity contribution >= 4 is 12.0 Å². The van der Waals surface area contributed by atoms with Crippen LogP contribution in [0.2, 0.25) is 0 Å². The highest BCUT2D eigenvalue weighted by atomic mass is 16.1. The van der Waals surface area contributed by atoms with Crippen LogP contribution in [0.1, 0.15) is 25.0 Å². The maximum absolute atomic E-state index is 11.4. The Morgan fingerprint density at radius 3 is 2.50 bits per heavy atom. The van der Waals surface area contributed by atoms with E-state index in [-0.39, 0.29) is 5.91 Å². The quantitative estimate of drug-likeness (QED) is 0.772. The lowest BCUT2D eigenvalue weighted by Gasteiger charge is -2.04. The van der Waals surface area contributed by atoms with Crippen LogP contribution in [0.4, 0.5) is 0 Å². The van der Waals surface area contributed by atoms with Gasteiger partial charge in [-0.2, -0.15) is 0 Å². The van der Waals surface area contributed by atoms with Crippen molar-refractivity contribution in [3.8, 4) is 0 Å². The van der Waals surface area contributed by atoms with E-state index in [1.54, 1.807) is 6.08 Å². The van der Waals surface area contributed by atoms with E-state index in [1.165, 1.54) is 5.56 Å². The summed E-state index contributed by atoms with van der Waals surface area (Å²) in [5, 5.41) is 2.84. The van der Waals surface area contributed by atoms with Crippen molar-refractivity contribution in [1.29, 1.82) is 0 Å². The highest BCUT2D eigenvalue weighted by molar-refractivity contribution is 5.91. The van der Waals surface area contributed by atoms with Crippen molar-refractivity contribution in [2.24, 2.45) is 5.92 Å². The summed E-state index contributed by atoms with van der Waals surface area (Å²) in [7, 11) is 0. The summed E-state index contributed by atoms with van der Waals surface area (Å²) in [6, 6.07) is 8.07. The Labute approximate surface area is 97.4 Å². The number of hydrogen-bond donors (Lipinski definition) is 1. The van der Waals surface area contributed by atoms with Crippen LogP contribution in [0.15, 0.2) is 30.3 Å². The molecule has 1 N–H and O–H groups in total. The molecule has 2 heteroatoms. The first-order valence-electron chi connectivity index (χ1n) is 5.60. The van der Waals surface area contributed by atoms with Crippen LogP contribution in [-0.4, -0.2) is 12.5 Å². The Kier molecular flexibility index (Phi) is 4.77. The maximum atomic E-state index is 11.4. The topological polar surface area (TPSA) is 29.1 Å². The van der Waals surface area contributed by atoms with Gasteiger partial charge in [0.25, 0.3) is 0 Å². The van der Waals surface area contributed by atoms with Gasteiger partial charge in [-0.1, -0.05) is 43.7 Å². The summed E-state index contributed by atoms with van der Waals surface area (Å²) in [6.45, 7) is 6.91. The fourth-order valence-corrected chi connectivity index (χ4v) is 1.21. The third-order valence-electron chi connectivity index (χ3n) is 2.19. The van der Waals surface area contributed by atoms with E-state index in [1.807, 2.05) is 37.3 Å². The van der Waals surface area contributed by atoms with E-state index in [2.05, 4.69) is 19.2 Å². The van der Waals surface area contributed by atoms with Gasteiger partial charge in [-0.25, -0.2) is 0 Å². The second-order valence-electron chi connectivity index (χ2n) is 4.38. The number of benzene rings is 1. The molecule has 0 unspecified atom stereocenters. The van der Waals surface area contributed by atoms with Crippen LogP contribution in [0.3, 0.4) is 0 Å². The second kappa shape index (κ2) is 6.11. The summed E-state index contributed by atoms with van der Waals surface area (Å²) in [4.78, 5) is 11.4. The smallest absolute Gasteiger partial charge is 0.244 e. The van der Waals surface area contributed by atoms with Crippen LogP contribution >= 0.6 is 0 Å². The summed E-state index contributed by atoms with van der Waals surface area (Å²) in [5.74, 6) is 0.450. The number of carbonyl (C=O) groups is 1. The average molecular weight is 217 g/mol. The molecule has 0 aliphatic carbocycles. The monoisotopic (exact) mass is 217 g/mol. The standard InChI is InChI=1S/C14H19NO/c1-11(2)10-15-14(16)9-8-13-6-4-12(3)5-7-13/h4-9,11H,10H2,1-3H3,(H,15,16). The van der Waals surface area contributed by atoms with Crippen molar-refractivity contribution in [2.75, 3.05) is 6.54 Å². The Bertz CT molecular complexity index is 363. The lowest BCUT2D eigenvalue weighted by Crippen LogP contribution is -2.25. The number of nitrogens with one attached hydrogen (secondary N) is 1. The first kappa shape index (κ1) is 12.5. The van der Waals surface area contributed by atoms with Crippen LogP contribution in [-0.2, 0) is 4.79 Å². The van der Waals surface area contributed by atoms with Gasteiger partial charge in [0, 0.05) is 12.6 Å². The van der Waals surface area contributed by atoms with Crippen molar-refractivity contribution in [3.63, 3.8) is 0 Å². The largest absolute Gasteiger partial charge is 0.352 e. The molecule has 0 fully saturated rings. The maximum Gasteiger partial charge on any atom is 0.244 e. The molecule has 86 valence electrons. The summed E-state index contributed by atoms with van der Waals surface area (Å²) < 4.78 is 0. The Balaban J connectivity index is 2.47. The fraction of sp³-hybridized carbons (Fsp3) is 0.357. The summed E-state index contributed by atoms with van der Waals surface area (Å²) in [6.07, 6.45) is 3.40. The zero-order valence-corrected chi connectivity index (χ0v) is 10.2. The van der Waals surface area contributed by atoms with E-state index in [0.717, 1.165) is 12.1 Å². The molecule has 16 heavy (non-hydrogen) atoms. The van der Waals surface area contributed by atoms with Crippen molar-refractivity contribution in [1.82, 2.24) is 5.32 Å². The van der Waals surface area contributed by atoms with Crippen LogP contribution in [0, 0.1) is 12.8 Å². The van der Waals surface area contributed by atoms with Crippen molar-refractivity contribution < 1.29 is 4.79 Å². The third-order valence-corrected chi connectivity index (χ3v) is 2.19. The highest BCUT2D eigenvalue weighted by Crippen LogP contribution is 2.04. The van der Waals surface area contributed by atoms with Gasteiger partial charge in [0.1, 0.15) is 0 Å². The molecular formula is C14H19NO. The zero-order chi connectivity index (χ0) is 12.0. The minimum absolute atomic E-state index is 0.0331. The lowest BCUT2D eigenvalue weighted by molar-refractivity contribution is -0.116. The fourth-order valence-electron chi connectivity index (χ4n) is 1.21. The van der Waals surface area contributed by atoms with E-state index >= 15 is 0 Å². The summed E-state index contributed by atoms with van der Waals surface area (Å²) in [5.41, 5.74) is 2.27. The van der Waals surface area contributed by atoms with Gasteiger partial charge < -0.3 is 5.32 Å². The number of amides is 1. The highest BCUT2D eigenvalue weighted by Gasteiger charge is 1.97. The molecule has 0 aliphatic heterocycles. The van der Waals surface area contributed by atoms with Crippen LogP contribution in [0.25, 0.3) is 6.08 Å². The normalized spacial score (nSPS) is 11.0. The molecule has 1 rings (SSSR count). The molecule has 0 saturated heterocycles. The molecule has 0 radical (unpaired) electrons. The Hall–Kier alpha value is -1.57. The number of carbonyl (C=O) groups excluding carboxylic acids is 1. The molecule has 1 aromatic rings. The number of aryl methyl sites for hydroxylation is 1. The van der Waals surface area contributed by atoms with Gasteiger partial charge in [0.15, 0.2) is 0 Å². The van der Waals surface area contributed by atoms with Crippen molar-refractivity contribution in [2.45, 2.75) is 20.8 Å².